The molecule has 0 fully saturated rings. The van der Waals surface area contributed by atoms with E-state index in [-0.39, 0.29) is 17.8 Å². The Morgan fingerprint density at radius 3 is 2.91 bits per heavy atom. The van der Waals surface area contributed by atoms with E-state index >= 15 is 0 Å². The van der Waals surface area contributed by atoms with Crippen LogP contribution in [0.5, 0.6) is 0 Å². The summed E-state index contributed by atoms with van der Waals surface area (Å²) in [5.74, 6) is -0.458. The Balaban J connectivity index is 2.19. The minimum Gasteiger partial charge on any atom is -0.391 e. The predicted molar refractivity (Wildman–Crippen MR) is 83.5 cm³/mol. The van der Waals surface area contributed by atoms with Crippen LogP contribution in [0.4, 0.5) is 5.69 Å². The van der Waals surface area contributed by atoms with E-state index in [1.165, 1.54) is 35.3 Å². The first kappa shape index (κ1) is 16.6. The highest BCUT2D eigenvalue weighted by atomic mass is 16.6. The maximum atomic E-state index is 12.1. The summed E-state index contributed by atoms with van der Waals surface area (Å²) in [5.41, 5.74) is 0.309. The molecule has 1 amide bonds. The highest BCUT2D eigenvalue weighted by molar-refractivity contribution is 5.95. The summed E-state index contributed by atoms with van der Waals surface area (Å²) in [5, 5.41) is 23.4. The number of aromatic nitrogens is 2. The van der Waals surface area contributed by atoms with Crippen molar-refractivity contribution < 1.29 is 14.8 Å². The Labute approximate surface area is 132 Å². The fraction of sp³-hybridized carbons (Fsp3) is 0.333. The molecule has 0 saturated heterocycles. The summed E-state index contributed by atoms with van der Waals surface area (Å²) in [4.78, 5) is 26.6. The SMILES string of the molecule is CCCC(O)CNC(=O)c1ccc(-n2ccnc2)c([N+](=O)[O-])c1. The molecule has 0 radical (unpaired) electrons. The van der Waals surface area contributed by atoms with Gasteiger partial charge < -0.3 is 15.0 Å². The molecule has 1 unspecified atom stereocenters. The molecular weight excluding hydrogens is 300 g/mol. The summed E-state index contributed by atoms with van der Waals surface area (Å²) in [6, 6.07) is 4.22. The summed E-state index contributed by atoms with van der Waals surface area (Å²) < 4.78 is 1.50. The van der Waals surface area contributed by atoms with Gasteiger partial charge in [-0.05, 0) is 18.6 Å². The van der Waals surface area contributed by atoms with Crippen LogP contribution in [-0.4, -0.2) is 38.1 Å². The molecular formula is C15H18N4O4. The van der Waals surface area contributed by atoms with E-state index in [0.717, 1.165) is 6.42 Å². The van der Waals surface area contributed by atoms with Gasteiger partial charge in [0.05, 0.1) is 17.4 Å². The molecule has 0 aliphatic rings. The van der Waals surface area contributed by atoms with Crippen LogP contribution in [0.3, 0.4) is 0 Å². The van der Waals surface area contributed by atoms with E-state index in [2.05, 4.69) is 10.3 Å². The van der Waals surface area contributed by atoms with Gasteiger partial charge in [-0.15, -0.1) is 0 Å². The fourth-order valence-electron chi connectivity index (χ4n) is 2.18. The first-order valence-corrected chi connectivity index (χ1v) is 7.26. The van der Waals surface area contributed by atoms with Gasteiger partial charge in [-0.25, -0.2) is 4.98 Å². The smallest absolute Gasteiger partial charge is 0.294 e. The normalized spacial score (nSPS) is 11.9. The van der Waals surface area contributed by atoms with Crippen LogP contribution in [0.15, 0.2) is 36.9 Å². The average Bonchev–Trinajstić information content (AvgIpc) is 3.06. The average molecular weight is 318 g/mol. The zero-order valence-electron chi connectivity index (χ0n) is 12.7. The van der Waals surface area contributed by atoms with Crippen molar-refractivity contribution in [3.8, 4) is 5.69 Å². The van der Waals surface area contributed by atoms with Gasteiger partial charge in [0.15, 0.2) is 0 Å². The largest absolute Gasteiger partial charge is 0.391 e. The van der Waals surface area contributed by atoms with Gasteiger partial charge in [0, 0.05) is 30.6 Å². The highest BCUT2D eigenvalue weighted by Gasteiger charge is 2.19. The standard InChI is InChI=1S/C15H18N4O4/c1-2-3-12(20)9-17-15(21)11-4-5-13(14(8-11)19(22)23)18-7-6-16-10-18/h4-8,10,12,20H,2-3,9H2,1H3,(H,17,21). The molecule has 8 nitrogen and oxygen atoms in total. The van der Waals surface area contributed by atoms with Crippen molar-refractivity contribution in [2.75, 3.05) is 6.54 Å². The zero-order valence-corrected chi connectivity index (χ0v) is 12.7. The topological polar surface area (TPSA) is 110 Å². The predicted octanol–water partition coefficient (Wildman–Crippen LogP) is 1.67. The van der Waals surface area contributed by atoms with Gasteiger partial charge in [0.2, 0.25) is 0 Å². The van der Waals surface area contributed by atoms with Crippen molar-refractivity contribution in [3.05, 3.63) is 52.6 Å². The van der Waals surface area contributed by atoms with Crippen molar-refractivity contribution in [3.63, 3.8) is 0 Å². The number of nitrogens with zero attached hydrogens (tertiary/aromatic N) is 3. The van der Waals surface area contributed by atoms with Gasteiger partial charge in [-0.1, -0.05) is 13.3 Å². The molecule has 0 bridgehead atoms. The summed E-state index contributed by atoms with van der Waals surface area (Å²) in [7, 11) is 0. The minimum absolute atomic E-state index is 0.115. The van der Waals surface area contributed by atoms with E-state index in [9.17, 15) is 20.0 Å². The molecule has 8 heteroatoms. The molecule has 2 rings (SSSR count). The number of imidazole rings is 1. The Hall–Kier alpha value is -2.74. The molecule has 1 heterocycles. The number of nitro benzene ring substituents is 1. The van der Waals surface area contributed by atoms with E-state index < -0.39 is 16.9 Å². The lowest BCUT2D eigenvalue weighted by molar-refractivity contribution is -0.384. The molecule has 0 aliphatic heterocycles. The number of benzene rings is 1. The molecule has 0 spiro atoms. The number of carbonyl (C=O) groups is 1. The molecule has 23 heavy (non-hydrogen) atoms. The number of nitrogens with one attached hydrogen (secondary N) is 1. The van der Waals surface area contributed by atoms with Crippen molar-refractivity contribution in [1.82, 2.24) is 14.9 Å². The molecule has 122 valence electrons. The number of aliphatic hydroxyl groups is 1. The number of amides is 1. The number of aliphatic hydroxyl groups excluding tert-OH is 1. The zero-order chi connectivity index (χ0) is 16.8. The van der Waals surface area contributed by atoms with Gasteiger partial charge in [-0.3, -0.25) is 14.9 Å². The van der Waals surface area contributed by atoms with Gasteiger partial charge in [-0.2, -0.15) is 0 Å². The van der Waals surface area contributed by atoms with E-state index in [0.29, 0.717) is 12.1 Å². The molecule has 2 aromatic rings. The molecule has 2 N–H and O–H groups in total. The second-order valence-electron chi connectivity index (χ2n) is 5.08. The monoisotopic (exact) mass is 318 g/mol. The number of nitro groups is 1. The Morgan fingerprint density at radius 1 is 1.52 bits per heavy atom. The minimum atomic E-state index is -0.621. The molecule has 0 aliphatic carbocycles. The van der Waals surface area contributed by atoms with Gasteiger partial charge in [0.1, 0.15) is 5.69 Å². The van der Waals surface area contributed by atoms with Crippen molar-refractivity contribution in [2.24, 2.45) is 0 Å². The van der Waals surface area contributed by atoms with Crippen molar-refractivity contribution >= 4 is 11.6 Å². The Morgan fingerprint density at radius 2 is 2.30 bits per heavy atom. The van der Waals surface area contributed by atoms with Crippen LogP contribution in [0.2, 0.25) is 0 Å². The third kappa shape index (κ3) is 4.13. The first-order valence-electron chi connectivity index (χ1n) is 7.26. The second kappa shape index (κ2) is 7.50. The molecule has 0 saturated carbocycles. The maximum absolute atomic E-state index is 12.1. The van der Waals surface area contributed by atoms with Gasteiger partial charge >= 0.3 is 0 Å². The van der Waals surface area contributed by atoms with Crippen LogP contribution < -0.4 is 5.32 Å². The number of rotatable bonds is 7. The third-order valence-corrected chi connectivity index (χ3v) is 3.34. The van der Waals surface area contributed by atoms with Crippen LogP contribution in [-0.2, 0) is 0 Å². The van der Waals surface area contributed by atoms with Crippen molar-refractivity contribution in [1.29, 1.82) is 0 Å². The van der Waals surface area contributed by atoms with Crippen LogP contribution in [0.25, 0.3) is 5.69 Å². The number of hydrogen-bond donors (Lipinski definition) is 2. The van der Waals surface area contributed by atoms with E-state index in [1.54, 1.807) is 6.20 Å². The quantitative estimate of drug-likeness (QED) is 0.596. The lowest BCUT2D eigenvalue weighted by Gasteiger charge is -2.11. The Kier molecular flexibility index (Phi) is 5.42. The lowest BCUT2D eigenvalue weighted by atomic mass is 10.1. The summed E-state index contributed by atoms with van der Waals surface area (Å²) in [6.07, 6.45) is 5.32. The third-order valence-electron chi connectivity index (χ3n) is 3.34. The lowest BCUT2D eigenvalue weighted by Crippen LogP contribution is -2.32. The van der Waals surface area contributed by atoms with E-state index in [4.69, 9.17) is 0 Å². The molecule has 1 atom stereocenters. The van der Waals surface area contributed by atoms with E-state index in [1.807, 2.05) is 6.92 Å². The number of hydrogen-bond acceptors (Lipinski definition) is 5. The van der Waals surface area contributed by atoms with Gasteiger partial charge in [0.25, 0.3) is 11.6 Å². The van der Waals surface area contributed by atoms with Crippen LogP contribution in [0, 0.1) is 10.1 Å². The highest BCUT2D eigenvalue weighted by Crippen LogP contribution is 2.24. The fourth-order valence-corrected chi connectivity index (χ4v) is 2.18. The summed E-state index contributed by atoms with van der Waals surface area (Å²) in [6.45, 7) is 2.05. The second-order valence-corrected chi connectivity index (χ2v) is 5.08. The molecule has 1 aromatic carbocycles. The maximum Gasteiger partial charge on any atom is 0.294 e. The molecule has 1 aromatic heterocycles. The number of carbonyl (C=O) groups excluding carboxylic acids is 1. The first-order chi connectivity index (χ1) is 11.0. The Bertz CT molecular complexity index is 685. The summed E-state index contributed by atoms with van der Waals surface area (Å²) >= 11 is 0. The van der Waals surface area contributed by atoms with Crippen LogP contribution in [0.1, 0.15) is 30.1 Å². The van der Waals surface area contributed by atoms with Crippen LogP contribution >= 0.6 is 0 Å². The van der Waals surface area contributed by atoms with Crippen molar-refractivity contribution in [2.45, 2.75) is 25.9 Å².